The van der Waals surface area contributed by atoms with Gasteiger partial charge in [-0.25, -0.2) is 4.39 Å². The normalized spacial score (nSPS) is 11.6. The zero-order valence-electron chi connectivity index (χ0n) is 13.7. The van der Waals surface area contributed by atoms with Crippen LogP contribution in [0.1, 0.15) is 23.7 Å². The Morgan fingerprint density at radius 1 is 0.960 bits per heavy atom. The predicted octanol–water partition coefficient (Wildman–Crippen LogP) is 1.72. The summed E-state index contributed by atoms with van der Waals surface area (Å²) in [4.78, 5) is 23.5. The van der Waals surface area contributed by atoms with Crippen molar-refractivity contribution in [1.82, 2.24) is 10.6 Å². The third-order valence-electron chi connectivity index (χ3n) is 3.63. The first kappa shape index (κ1) is 18.6. The topological polar surface area (TPSA) is 78.4 Å². The Bertz CT molecular complexity index is 690. The Hall–Kier alpha value is -2.73. The van der Waals surface area contributed by atoms with Crippen molar-refractivity contribution in [2.24, 2.45) is 0 Å². The summed E-state index contributed by atoms with van der Waals surface area (Å²) in [6.45, 7) is 0.257. The quantitative estimate of drug-likeness (QED) is 0.682. The minimum atomic E-state index is -0.905. The first-order chi connectivity index (χ1) is 12.0. The van der Waals surface area contributed by atoms with Gasteiger partial charge in [0.1, 0.15) is 5.82 Å². The van der Waals surface area contributed by atoms with Crippen LogP contribution in [0.25, 0.3) is 0 Å². The molecule has 0 aliphatic heterocycles. The van der Waals surface area contributed by atoms with Gasteiger partial charge in [0.15, 0.2) is 0 Å². The average molecular weight is 344 g/mol. The van der Waals surface area contributed by atoms with Crippen LogP contribution >= 0.6 is 0 Å². The van der Waals surface area contributed by atoms with Gasteiger partial charge in [-0.1, -0.05) is 42.5 Å². The van der Waals surface area contributed by atoms with E-state index >= 15 is 0 Å². The van der Waals surface area contributed by atoms with Crippen molar-refractivity contribution in [2.75, 3.05) is 13.1 Å². The van der Waals surface area contributed by atoms with Crippen LogP contribution in [0.2, 0.25) is 0 Å². The standard InChI is InChI=1S/C19H21FN2O3/c20-16-8-6-15(7-9-16)17(23)13-22-18(24)10-11-21-19(25)12-14-4-2-1-3-5-14/h1-9,17,23H,10-13H2,(H,21,25)(H,22,24). The lowest BCUT2D eigenvalue weighted by atomic mass is 10.1. The van der Waals surface area contributed by atoms with E-state index in [2.05, 4.69) is 10.6 Å². The molecule has 1 unspecified atom stereocenters. The van der Waals surface area contributed by atoms with E-state index in [0.717, 1.165) is 5.56 Å². The van der Waals surface area contributed by atoms with E-state index in [1.165, 1.54) is 24.3 Å². The molecule has 132 valence electrons. The van der Waals surface area contributed by atoms with Crippen LogP contribution in [0, 0.1) is 5.82 Å². The first-order valence-corrected chi connectivity index (χ1v) is 8.05. The Kier molecular flexibility index (Phi) is 7.10. The number of hydrogen-bond acceptors (Lipinski definition) is 3. The molecular weight excluding hydrogens is 323 g/mol. The molecule has 0 radical (unpaired) electrons. The van der Waals surface area contributed by atoms with Crippen LogP contribution in [0.5, 0.6) is 0 Å². The Morgan fingerprint density at radius 2 is 1.64 bits per heavy atom. The summed E-state index contributed by atoms with van der Waals surface area (Å²) in [6, 6.07) is 14.8. The van der Waals surface area contributed by atoms with E-state index in [0.29, 0.717) is 5.56 Å². The highest BCUT2D eigenvalue weighted by molar-refractivity contribution is 5.80. The van der Waals surface area contributed by atoms with Gasteiger partial charge in [0.05, 0.1) is 12.5 Å². The summed E-state index contributed by atoms with van der Waals surface area (Å²) < 4.78 is 12.8. The fraction of sp³-hybridized carbons (Fsp3) is 0.263. The Morgan fingerprint density at radius 3 is 2.32 bits per heavy atom. The molecule has 0 aliphatic rings. The molecule has 0 heterocycles. The SMILES string of the molecule is O=C(CCNC(=O)Cc1ccccc1)NCC(O)c1ccc(F)cc1. The van der Waals surface area contributed by atoms with Crippen molar-refractivity contribution in [2.45, 2.75) is 18.9 Å². The van der Waals surface area contributed by atoms with E-state index in [1.54, 1.807) is 0 Å². The van der Waals surface area contributed by atoms with Crippen LogP contribution in [-0.2, 0) is 16.0 Å². The zero-order chi connectivity index (χ0) is 18.1. The summed E-state index contributed by atoms with van der Waals surface area (Å²) in [5, 5.41) is 15.2. The molecule has 0 bridgehead atoms. The smallest absolute Gasteiger partial charge is 0.224 e. The van der Waals surface area contributed by atoms with Crippen molar-refractivity contribution >= 4 is 11.8 Å². The number of aliphatic hydroxyl groups is 1. The molecule has 3 N–H and O–H groups in total. The van der Waals surface area contributed by atoms with E-state index in [1.807, 2.05) is 30.3 Å². The van der Waals surface area contributed by atoms with E-state index in [4.69, 9.17) is 0 Å². The number of aliphatic hydroxyl groups excluding tert-OH is 1. The van der Waals surface area contributed by atoms with Gasteiger partial charge in [-0.3, -0.25) is 9.59 Å². The molecule has 0 fully saturated rings. The molecule has 25 heavy (non-hydrogen) atoms. The molecule has 2 aromatic rings. The number of hydrogen-bond donors (Lipinski definition) is 3. The molecular formula is C19H21FN2O3. The van der Waals surface area contributed by atoms with Gasteiger partial charge in [0.2, 0.25) is 11.8 Å². The lowest BCUT2D eigenvalue weighted by Gasteiger charge is -2.12. The second kappa shape index (κ2) is 9.54. The first-order valence-electron chi connectivity index (χ1n) is 8.05. The molecule has 0 saturated carbocycles. The molecule has 0 aliphatic carbocycles. The van der Waals surface area contributed by atoms with Crippen LogP contribution < -0.4 is 10.6 Å². The summed E-state index contributed by atoms with van der Waals surface area (Å²) in [5.74, 6) is -0.808. The maximum atomic E-state index is 12.8. The zero-order valence-corrected chi connectivity index (χ0v) is 13.7. The molecule has 2 rings (SSSR count). The molecule has 2 aromatic carbocycles. The van der Waals surface area contributed by atoms with Crippen molar-refractivity contribution in [3.63, 3.8) is 0 Å². The number of nitrogens with one attached hydrogen (secondary N) is 2. The van der Waals surface area contributed by atoms with Gasteiger partial charge >= 0.3 is 0 Å². The van der Waals surface area contributed by atoms with Crippen LogP contribution in [0.4, 0.5) is 4.39 Å². The van der Waals surface area contributed by atoms with Gasteiger partial charge < -0.3 is 15.7 Å². The van der Waals surface area contributed by atoms with Crippen molar-refractivity contribution in [3.8, 4) is 0 Å². The number of amides is 2. The Labute approximate surface area is 145 Å². The summed E-state index contributed by atoms with van der Waals surface area (Å²) in [7, 11) is 0. The second-order valence-electron chi connectivity index (χ2n) is 5.63. The van der Waals surface area contributed by atoms with Crippen LogP contribution in [0.15, 0.2) is 54.6 Å². The highest BCUT2D eigenvalue weighted by atomic mass is 19.1. The maximum Gasteiger partial charge on any atom is 0.224 e. The third kappa shape index (κ3) is 6.73. The summed E-state index contributed by atoms with van der Waals surface area (Å²) in [6.07, 6.45) is -0.514. The third-order valence-corrected chi connectivity index (χ3v) is 3.63. The fourth-order valence-corrected chi connectivity index (χ4v) is 2.26. The lowest BCUT2D eigenvalue weighted by molar-refractivity contribution is -0.122. The van der Waals surface area contributed by atoms with E-state index in [9.17, 15) is 19.1 Å². The van der Waals surface area contributed by atoms with Crippen LogP contribution in [0.3, 0.4) is 0 Å². The molecule has 2 amide bonds. The minimum absolute atomic E-state index is 0.0302. The predicted molar refractivity (Wildman–Crippen MR) is 92.1 cm³/mol. The monoisotopic (exact) mass is 344 g/mol. The van der Waals surface area contributed by atoms with Gasteiger partial charge in [0.25, 0.3) is 0 Å². The highest BCUT2D eigenvalue weighted by Gasteiger charge is 2.10. The van der Waals surface area contributed by atoms with Crippen molar-refractivity contribution < 1.29 is 19.1 Å². The van der Waals surface area contributed by atoms with E-state index < -0.39 is 6.10 Å². The molecule has 5 nitrogen and oxygen atoms in total. The van der Waals surface area contributed by atoms with Crippen LogP contribution in [-0.4, -0.2) is 30.0 Å². The van der Waals surface area contributed by atoms with Gasteiger partial charge in [-0.05, 0) is 23.3 Å². The largest absolute Gasteiger partial charge is 0.387 e. The summed E-state index contributed by atoms with van der Waals surface area (Å²) >= 11 is 0. The summed E-state index contributed by atoms with van der Waals surface area (Å²) in [5.41, 5.74) is 1.43. The molecule has 6 heteroatoms. The minimum Gasteiger partial charge on any atom is -0.387 e. The Balaban J connectivity index is 1.63. The van der Waals surface area contributed by atoms with Gasteiger partial charge in [-0.15, -0.1) is 0 Å². The molecule has 0 spiro atoms. The number of benzene rings is 2. The molecule has 0 saturated heterocycles. The molecule has 0 aromatic heterocycles. The van der Waals surface area contributed by atoms with Crippen molar-refractivity contribution in [1.29, 1.82) is 0 Å². The number of carbonyl (C=O) groups excluding carboxylic acids is 2. The number of rotatable bonds is 8. The average Bonchev–Trinajstić information content (AvgIpc) is 2.61. The van der Waals surface area contributed by atoms with Gasteiger partial charge in [0, 0.05) is 19.5 Å². The number of carbonyl (C=O) groups is 2. The number of halogens is 1. The van der Waals surface area contributed by atoms with Gasteiger partial charge in [-0.2, -0.15) is 0 Å². The highest BCUT2D eigenvalue weighted by Crippen LogP contribution is 2.12. The van der Waals surface area contributed by atoms with Crippen molar-refractivity contribution in [3.05, 3.63) is 71.5 Å². The van der Waals surface area contributed by atoms with E-state index in [-0.39, 0.29) is 43.6 Å². The second-order valence-corrected chi connectivity index (χ2v) is 5.63. The molecule has 1 atom stereocenters. The fourth-order valence-electron chi connectivity index (χ4n) is 2.26. The lowest BCUT2D eigenvalue weighted by Crippen LogP contribution is -2.33. The maximum absolute atomic E-state index is 12.8.